The lowest BCUT2D eigenvalue weighted by atomic mass is 10.2. The number of carbonyl (C=O) groups is 1. The Labute approximate surface area is 113 Å². The molecular weight excluding hydrogens is 246 g/mol. The van der Waals surface area contributed by atoms with Crippen molar-refractivity contribution >= 4 is 17.7 Å². The van der Waals surface area contributed by atoms with E-state index < -0.39 is 0 Å². The van der Waals surface area contributed by atoms with Crippen LogP contribution in [0.25, 0.3) is 0 Å². The molecule has 100 valence electrons. The Kier molecular flexibility index (Phi) is 6.83. The van der Waals surface area contributed by atoms with Gasteiger partial charge in [-0.3, -0.25) is 4.79 Å². The SMILES string of the molecule is Cc1cccc(CSCC(=O)NC(C)CCO)c1. The van der Waals surface area contributed by atoms with Crippen LogP contribution in [0.4, 0.5) is 0 Å². The van der Waals surface area contributed by atoms with Gasteiger partial charge in [-0.25, -0.2) is 0 Å². The first kappa shape index (κ1) is 15.1. The third-order valence-corrected chi connectivity index (χ3v) is 3.56. The lowest BCUT2D eigenvalue weighted by molar-refractivity contribution is -0.119. The number of nitrogens with one attached hydrogen (secondary N) is 1. The van der Waals surface area contributed by atoms with E-state index in [1.807, 2.05) is 13.0 Å². The second-order valence-electron chi connectivity index (χ2n) is 4.46. The Bertz CT molecular complexity index is 382. The first-order chi connectivity index (χ1) is 8.61. The first-order valence-corrected chi connectivity index (χ1v) is 7.31. The molecule has 1 amide bonds. The van der Waals surface area contributed by atoms with Crippen molar-refractivity contribution in [3.05, 3.63) is 35.4 Å². The highest BCUT2D eigenvalue weighted by atomic mass is 32.2. The highest BCUT2D eigenvalue weighted by Crippen LogP contribution is 2.13. The molecule has 0 aliphatic heterocycles. The maximum atomic E-state index is 11.6. The summed E-state index contributed by atoms with van der Waals surface area (Å²) < 4.78 is 0. The van der Waals surface area contributed by atoms with Gasteiger partial charge in [-0.05, 0) is 25.8 Å². The maximum absolute atomic E-state index is 11.6. The smallest absolute Gasteiger partial charge is 0.230 e. The molecule has 2 N–H and O–H groups in total. The summed E-state index contributed by atoms with van der Waals surface area (Å²) in [6.07, 6.45) is 0.605. The molecule has 0 spiro atoms. The van der Waals surface area contributed by atoms with Crippen LogP contribution in [0.1, 0.15) is 24.5 Å². The fraction of sp³-hybridized carbons (Fsp3) is 0.500. The van der Waals surface area contributed by atoms with Crippen molar-refractivity contribution in [1.29, 1.82) is 0 Å². The monoisotopic (exact) mass is 267 g/mol. The second-order valence-corrected chi connectivity index (χ2v) is 5.45. The van der Waals surface area contributed by atoms with Gasteiger partial charge in [0.2, 0.25) is 5.91 Å². The van der Waals surface area contributed by atoms with Gasteiger partial charge in [0, 0.05) is 18.4 Å². The number of hydrogen-bond acceptors (Lipinski definition) is 3. The second kappa shape index (κ2) is 8.16. The van der Waals surface area contributed by atoms with E-state index in [9.17, 15) is 4.79 Å². The molecule has 1 atom stereocenters. The molecule has 0 saturated heterocycles. The van der Waals surface area contributed by atoms with Gasteiger partial charge in [0.05, 0.1) is 5.75 Å². The molecule has 0 aliphatic carbocycles. The van der Waals surface area contributed by atoms with Gasteiger partial charge in [-0.2, -0.15) is 0 Å². The van der Waals surface area contributed by atoms with Gasteiger partial charge in [-0.1, -0.05) is 29.8 Å². The number of carbonyl (C=O) groups excluding carboxylic acids is 1. The lowest BCUT2D eigenvalue weighted by Gasteiger charge is -2.12. The number of benzene rings is 1. The fourth-order valence-corrected chi connectivity index (χ4v) is 2.43. The van der Waals surface area contributed by atoms with Gasteiger partial charge in [-0.15, -0.1) is 11.8 Å². The Balaban J connectivity index is 2.23. The van der Waals surface area contributed by atoms with Crippen LogP contribution in [0, 0.1) is 6.92 Å². The van der Waals surface area contributed by atoms with E-state index in [0.717, 1.165) is 5.75 Å². The predicted octanol–water partition coefficient (Wildman–Crippen LogP) is 2.12. The van der Waals surface area contributed by atoms with Crippen molar-refractivity contribution in [1.82, 2.24) is 5.32 Å². The summed E-state index contributed by atoms with van der Waals surface area (Å²) in [7, 11) is 0. The zero-order valence-corrected chi connectivity index (χ0v) is 11.8. The molecule has 0 radical (unpaired) electrons. The van der Waals surface area contributed by atoms with Crippen molar-refractivity contribution in [2.45, 2.75) is 32.1 Å². The summed E-state index contributed by atoms with van der Waals surface area (Å²) in [4.78, 5) is 11.6. The average molecular weight is 267 g/mol. The molecule has 0 saturated carbocycles. The zero-order valence-electron chi connectivity index (χ0n) is 11.0. The summed E-state index contributed by atoms with van der Waals surface area (Å²) in [5.74, 6) is 1.35. The molecule has 0 aromatic heterocycles. The van der Waals surface area contributed by atoms with Crippen LogP contribution >= 0.6 is 11.8 Å². The van der Waals surface area contributed by atoms with Gasteiger partial charge >= 0.3 is 0 Å². The summed E-state index contributed by atoms with van der Waals surface area (Å²) in [6.45, 7) is 4.08. The number of aliphatic hydroxyl groups excluding tert-OH is 1. The topological polar surface area (TPSA) is 49.3 Å². The van der Waals surface area contributed by atoms with Gasteiger partial charge in [0.1, 0.15) is 0 Å². The van der Waals surface area contributed by atoms with Crippen molar-refractivity contribution in [3.8, 4) is 0 Å². The number of hydrogen-bond donors (Lipinski definition) is 2. The van der Waals surface area contributed by atoms with E-state index in [-0.39, 0.29) is 18.6 Å². The highest BCUT2D eigenvalue weighted by Gasteiger charge is 2.06. The van der Waals surface area contributed by atoms with Crippen LogP contribution < -0.4 is 5.32 Å². The van der Waals surface area contributed by atoms with Crippen molar-refractivity contribution in [2.24, 2.45) is 0 Å². The van der Waals surface area contributed by atoms with Gasteiger partial charge in [0.15, 0.2) is 0 Å². The largest absolute Gasteiger partial charge is 0.396 e. The molecule has 0 bridgehead atoms. The molecule has 4 heteroatoms. The Morgan fingerprint density at radius 1 is 1.50 bits per heavy atom. The minimum absolute atomic E-state index is 0.0357. The normalized spacial score (nSPS) is 12.2. The molecule has 0 heterocycles. The summed E-state index contributed by atoms with van der Waals surface area (Å²) in [5, 5.41) is 11.6. The quantitative estimate of drug-likeness (QED) is 0.795. The lowest BCUT2D eigenvalue weighted by Crippen LogP contribution is -2.34. The summed E-state index contributed by atoms with van der Waals surface area (Å²) in [6, 6.07) is 8.36. The van der Waals surface area contributed by atoms with Crippen LogP contribution in [0.5, 0.6) is 0 Å². The van der Waals surface area contributed by atoms with Crippen molar-refractivity contribution in [3.63, 3.8) is 0 Å². The van der Waals surface area contributed by atoms with Crippen molar-refractivity contribution < 1.29 is 9.90 Å². The standard InChI is InChI=1S/C14H21NO2S/c1-11-4-3-5-13(8-11)9-18-10-14(17)15-12(2)6-7-16/h3-5,8,12,16H,6-7,9-10H2,1-2H3,(H,15,17). The number of amides is 1. The van der Waals surface area contributed by atoms with Crippen LogP contribution in [-0.2, 0) is 10.5 Å². The first-order valence-electron chi connectivity index (χ1n) is 6.15. The van der Waals surface area contributed by atoms with Crippen LogP contribution in [0.3, 0.4) is 0 Å². The van der Waals surface area contributed by atoms with E-state index in [1.54, 1.807) is 11.8 Å². The summed E-state index contributed by atoms with van der Waals surface area (Å²) in [5.41, 5.74) is 2.49. The molecule has 18 heavy (non-hydrogen) atoms. The zero-order chi connectivity index (χ0) is 13.4. The number of thioether (sulfide) groups is 1. The minimum atomic E-state index is 0.0357. The number of rotatable bonds is 7. The van der Waals surface area contributed by atoms with E-state index in [4.69, 9.17) is 5.11 Å². The molecule has 0 aliphatic rings. The third-order valence-electron chi connectivity index (χ3n) is 2.55. The Morgan fingerprint density at radius 2 is 2.28 bits per heavy atom. The molecule has 1 rings (SSSR count). The van der Waals surface area contributed by atoms with Gasteiger partial charge < -0.3 is 10.4 Å². The molecule has 1 aromatic carbocycles. The Morgan fingerprint density at radius 3 is 2.94 bits per heavy atom. The summed E-state index contributed by atoms with van der Waals surface area (Å²) >= 11 is 1.61. The Hall–Kier alpha value is -1.00. The highest BCUT2D eigenvalue weighted by molar-refractivity contribution is 7.99. The molecule has 1 unspecified atom stereocenters. The van der Waals surface area contributed by atoms with Crippen LogP contribution in [0.2, 0.25) is 0 Å². The number of aliphatic hydroxyl groups is 1. The van der Waals surface area contributed by atoms with E-state index in [0.29, 0.717) is 12.2 Å². The number of aryl methyl sites for hydroxylation is 1. The average Bonchev–Trinajstić information content (AvgIpc) is 2.29. The van der Waals surface area contributed by atoms with Crippen molar-refractivity contribution in [2.75, 3.05) is 12.4 Å². The van der Waals surface area contributed by atoms with Crippen LogP contribution in [0.15, 0.2) is 24.3 Å². The molecular formula is C14H21NO2S. The van der Waals surface area contributed by atoms with E-state index in [2.05, 4.69) is 30.4 Å². The van der Waals surface area contributed by atoms with E-state index in [1.165, 1.54) is 11.1 Å². The molecule has 0 fully saturated rings. The van der Waals surface area contributed by atoms with Crippen LogP contribution in [-0.4, -0.2) is 29.4 Å². The van der Waals surface area contributed by atoms with E-state index >= 15 is 0 Å². The maximum Gasteiger partial charge on any atom is 0.230 e. The predicted molar refractivity (Wildman–Crippen MR) is 76.6 cm³/mol. The molecule has 3 nitrogen and oxygen atoms in total. The van der Waals surface area contributed by atoms with Gasteiger partial charge in [0.25, 0.3) is 0 Å². The molecule has 1 aromatic rings. The third kappa shape index (κ3) is 6.07. The fourth-order valence-electron chi connectivity index (χ4n) is 1.65. The minimum Gasteiger partial charge on any atom is -0.396 e.